The quantitative estimate of drug-likeness (QED) is 0.00998. The number of unbranched alkanes of at least 4 members (excludes halogenated alkanes) is 6. The third kappa shape index (κ3) is 27.0. The summed E-state index contributed by atoms with van der Waals surface area (Å²) in [5, 5.41) is 0. The van der Waals surface area contributed by atoms with Gasteiger partial charge in [0.2, 0.25) is 0 Å². The number of esters is 2. The van der Waals surface area contributed by atoms with E-state index in [1.165, 1.54) is 61.8 Å². The van der Waals surface area contributed by atoms with Crippen LogP contribution in [-0.4, -0.2) is 71.4 Å². The molecule has 410 valence electrons. The number of hydrogen-bond donors (Lipinski definition) is 0. The second-order valence-electron chi connectivity index (χ2n) is 16.2. The Morgan fingerprint density at radius 2 is 0.750 bits per heavy atom. The van der Waals surface area contributed by atoms with Crippen LogP contribution in [0.2, 0.25) is 0 Å². The second kappa shape index (κ2) is 41.6. The molecule has 16 nitrogen and oxygen atoms in total. The fraction of sp³-hybridized carbons (Fsp3) is 0.400. The molecule has 0 spiro atoms. The highest BCUT2D eigenvalue weighted by Crippen LogP contribution is 2.37. The van der Waals surface area contributed by atoms with Gasteiger partial charge in [0.15, 0.2) is 11.5 Å². The molecule has 0 aliphatic rings. The Balaban J connectivity index is 1.81. The highest BCUT2D eigenvalue weighted by molar-refractivity contribution is 5.92. The third-order valence-corrected chi connectivity index (χ3v) is 10.6. The van der Waals surface area contributed by atoms with E-state index in [4.69, 9.17) is 67.2 Å². The van der Waals surface area contributed by atoms with Crippen LogP contribution >= 0.6 is 0 Å². The molecule has 0 aromatic heterocycles. The molecule has 3 rings (SSSR count). The van der Waals surface area contributed by atoms with Crippen molar-refractivity contribution in [1.82, 2.24) is 0 Å². The number of hydrogen-bond acceptors (Lipinski definition) is 16. The molecule has 0 saturated heterocycles. The lowest BCUT2D eigenvalue weighted by Gasteiger charge is -2.18. The topological polar surface area (TPSA) is 163 Å². The normalized spacial score (nSPS) is 10.2. The summed E-state index contributed by atoms with van der Waals surface area (Å²) < 4.78 is 46.1. The van der Waals surface area contributed by atoms with Crippen molar-refractivity contribution in [3.8, 4) is 52.4 Å². The fourth-order valence-corrected chi connectivity index (χ4v) is 7.06. The molecule has 0 fully saturated rings. The predicted molar refractivity (Wildman–Crippen MR) is 288 cm³/mol. The molecule has 0 saturated carbocycles. The average Bonchev–Trinajstić information content (AvgIpc) is 3.43. The molecule has 0 N–H and O–H groups in total. The summed E-state index contributed by atoms with van der Waals surface area (Å²) in [6, 6.07) is 13.5. The molecule has 16 heteroatoms. The van der Waals surface area contributed by atoms with Gasteiger partial charge in [-0.1, -0.05) is 63.4 Å². The van der Waals surface area contributed by atoms with E-state index in [1.807, 2.05) is 18.2 Å². The third-order valence-electron chi connectivity index (χ3n) is 10.6. The second-order valence-corrected chi connectivity index (χ2v) is 16.2. The predicted octanol–water partition coefficient (Wildman–Crippen LogP) is 11.8. The van der Waals surface area contributed by atoms with Crippen LogP contribution in [0.1, 0.15) is 105 Å². The zero-order chi connectivity index (χ0) is 54.5. The molecular formula is C60H74O16. The van der Waals surface area contributed by atoms with Gasteiger partial charge in [0.05, 0.1) is 89.4 Å². The van der Waals surface area contributed by atoms with Gasteiger partial charge >= 0.3 is 11.9 Å². The molecule has 0 radical (unpaired) electrons. The highest BCUT2D eigenvalue weighted by Gasteiger charge is 2.18. The fourth-order valence-electron chi connectivity index (χ4n) is 7.06. The molecular weight excluding hydrogens is 977 g/mol. The van der Waals surface area contributed by atoms with Crippen molar-refractivity contribution in [3.05, 3.63) is 153 Å². The molecule has 3 aromatic rings. The van der Waals surface area contributed by atoms with E-state index in [2.05, 4.69) is 63.2 Å². The van der Waals surface area contributed by atoms with E-state index in [9.17, 15) is 9.59 Å². The maximum Gasteiger partial charge on any atom is 0.390 e. The van der Waals surface area contributed by atoms with Gasteiger partial charge in [-0.2, -0.15) is 14.7 Å². The van der Waals surface area contributed by atoms with Crippen LogP contribution in [-0.2, 0) is 72.4 Å². The minimum absolute atomic E-state index is 0.175. The molecule has 3 aromatic carbocycles. The lowest BCUT2D eigenvalue weighted by atomic mass is 9.94. The van der Waals surface area contributed by atoms with Gasteiger partial charge in [0.25, 0.3) is 0 Å². The van der Waals surface area contributed by atoms with Gasteiger partial charge in [-0.25, -0.2) is 9.59 Å². The Morgan fingerprint density at radius 1 is 0.382 bits per heavy atom. The van der Waals surface area contributed by atoms with Crippen molar-refractivity contribution < 1.29 is 76.8 Å². The number of carbonyl (C=O) groups is 2. The minimum atomic E-state index is -0.825. The zero-order valence-corrected chi connectivity index (χ0v) is 43.8. The van der Waals surface area contributed by atoms with Gasteiger partial charge in [0, 0.05) is 11.8 Å². The first-order valence-electron chi connectivity index (χ1n) is 25.5. The van der Waals surface area contributed by atoms with Crippen LogP contribution in [0.25, 0.3) is 0 Å². The lowest BCUT2D eigenvalue weighted by molar-refractivity contribution is -0.248. The van der Waals surface area contributed by atoms with E-state index in [0.717, 1.165) is 74.5 Å². The molecule has 0 bridgehead atoms. The smallest absolute Gasteiger partial charge is 0.390 e. The van der Waals surface area contributed by atoms with Gasteiger partial charge in [0.1, 0.15) is 36.0 Å². The van der Waals surface area contributed by atoms with Crippen LogP contribution in [0.5, 0.6) is 28.7 Å². The first-order chi connectivity index (χ1) is 37.4. The molecule has 0 unspecified atom stereocenters. The van der Waals surface area contributed by atoms with Crippen molar-refractivity contribution in [1.29, 1.82) is 0 Å². The maximum absolute atomic E-state index is 13.2. The van der Waals surface area contributed by atoms with E-state index in [0.29, 0.717) is 126 Å². The summed E-state index contributed by atoms with van der Waals surface area (Å²) in [7, 11) is 0. The number of aryl methyl sites for hydroxylation is 2. The molecule has 0 aliphatic carbocycles. The van der Waals surface area contributed by atoms with Crippen LogP contribution in [0, 0.1) is 23.7 Å². The Labute approximate surface area is 448 Å². The molecule has 0 heterocycles. The van der Waals surface area contributed by atoms with Crippen LogP contribution in [0.3, 0.4) is 0 Å². The van der Waals surface area contributed by atoms with E-state index >= 15 is 0 Å². The van der Waals surface area contributed by atoms with E-state index in [-0.39, 0.29) is 11.5 Å². The molecule has 76 heavy (non-hydrogen) atoms. The Hall–Kier alpha value is -7.76. The standard InChI is InChI=1S/C60H74O16/c1-7-63-40-19-22-43-66-58-51(29-28-49(25-13-16-46-72-69-10-4)55(58)27-15-18-48-74-71-12-6)32-38-56(61)75-53-34-36-54(37-35-53)76-57(62)39-33-52-31-30-50(26-14-17-47-73-70-11-5)59(67-44-23-20-41-64-8-2)60(52)68-45-24-21-42-65-9-3/h7-12,28-31,34-37H,1-6,13-27,40-48H2. The first kappa shape index (κ1) is 62.5. The number of rotatable bonds is 44. The number of carbonyl (C=O) groups excluding carboxylic acids is 2. The van der Waals surface area contributed by atoms with Crippen molar-refractivity contribution >= 4 is 11.9 Å². The lowest BCUT2D eigenvalue weighted by Crippen LogP contribution is -2.09. The number of ether oxygens (including phenoxy) is 8. The van der Waals surface area contributed by atoms with Crippen LogP contribution < -0.4 is 23.7 Å². The summed E-state index contributed by atoms with van der Waals surface area (Å²) >= 11 is 0. The highest BCUT2D eigenvalue weighted by atomic mass is 17.2. The van der Waals surface area contributed by atoms with Crippen LogP contribution in [0.4, 0.5) is 0 Å². The molecule has 0 aliphatic heterocycles. The molecule has 0 atom stereocenters. The van der Waals surface area contributed by atoms with E-state index < -0.39 is 11.9 Å². The van der Waals surface area contributed by atoms with Crippen LogP contribution in [0.15, 0.2) is 126 Å². The van der Waals surface area contributed by atoms with Gasteiger partial charge in [-0.3, -0.25) is 0 Å². The molecule has 0 amide bonds. The Morgan fingerprint density at radius 3 is 1.20 bits per heavy atom. The van der Waals surface area contributed by atoms with Crippen molar-refractivity contribution in [3.63, 3.8) is 0 Å². The van der Waals surface area contributed by atoms with Gasteiger partial charge in [-0.05, 0) is 149 Å². The summed E-state index contributed by atoms with van der Waals surface area (Å²) in [6.45, 7) is 25.1. The Kier molecular flexibility index (Phi) is 34.2. The van der Waals surface area contributed by atoms with Crippen molar-refractivity contribution in [2.45, 2.75) is 96.3 Å². The van der Waals surface area contributed by atoms with Gasteiger partial charge < -0.3 is 52.6 Å². The minimum Gasteiger partial charge on any atom is -0.502 e. The largest absolute Gasteiger partial charge is 0.502 e. The summed E-state index contributed by atoms with van der Waals surface area (Å²) in [4.78, 5) is 56.1. The SMILES string of the molecule is C=COCCCCOc1c(C#CC(=O)Oc2ccc(OC(=O)C#Cc3ccc(CCCCOOC=C)c(OCCCCOC=C)c3OCCCCOC=C)cc2)ccc(CCCCOOC=C)c1CCCCOOC=C. The van der Waals surface area contributed by atoms with Crippen molar-refractivity contribution in [2.24, 2.45) is 0 Å². The maximum atomic E-state index is 13.2. The summed E-state index contributed by atoms with van der Waals surface area (Å²) in [6.07, 6.45) is 18.9. The first-order valence-corrected chi connectivity index (χ1v) is 25.5. The summed E-state index contributed by atoms with van der Waals surface area (Å²) in [5.41, 5.74) is 3.95. The van der Waals surface area contributed by atoms with Crippen molar-refractivity contribution in [2.75, 3.05) is 59.5 Å². The average molecular weight is 1050 g/mol. The number of benzene rings is 3. The van der Waals surface area contributed by atoms with E-state index in [1.54, 1.807) is 6.07 Å². The summed E-state index contributed by atoms with van der Waals surface area (Å²) in [5.74, 6) is 11.4. The Bertz CT molecular complexity index is 2170. The van der Waals surface area contributed by atoms with Gasteiger partial charge in [-0.15, -0.1) is 0 Å². The zero-order valence-electron chi connectivity index (χ0n) is 43.8. The monoisotopic (exact) mass is 1050 g/mol.